The lowest BCUT2D eigenvalue weighted by Crippen LogP contribution is -2.04. The average Bonchev–Trinajstić information content (AvgIpc) is 2.52. The Balaban J connectivity index is 1.97. The standard InChI is InChI=1S/C20H22O2/c1-15(2)14-22-19-11-6-17(7-12-19)8-13-20(21)18-9-4-16(3)5-10-18/h4-13,15H,14H2,1-3H3/b13-8+. The van der Waals surface area contributed by atoms with Crippen molar-refractivity contribution in [2.75, 3.05) is 6.61 Å². The molecule has 0 N–H and O–H groups in total. The lowest BCUT2D eigenvalue weighted by atomic mass is 10.1. The number of allylic oxidation sites excluding steroid dienone is 1. The van der Waals surface area contributed by atoms with Crippen LogP contribution in [0.5, 0.6) is 5.75 Å². The number of hydrogen-bond donors (Lipinski definition) is 0. The van der Waals surface area contributed by atoms with Gasteiger partial charge in [-0.1, -0.05) is 61.9 Å². The molecule has 0 amide bonds. The molecule has 0 fully saturated rings. The lowest BCUT2D eigenvalue weighted by molar-refractivity contribution is 0.104. The molecule has 0 aliphatic heterocycles. The average molecular weight is 294 g/mol. The van der Waals surface area contributed by atoms with Crippen molar-refractivity contribution in [3.05, 3.63) is 71.3 Å². The molecule has 0 spiro atoms. The van der Waals surface area contributed by atoms with E-state index in [4.69, 9.17) is 4.74 Å². The smallest absolute Gasteiger partial charge is 0.185 e. The molecule has 0 radical (unpaired) electrons. The molecule has 0 aliphatic carbocycles. The number of benzene rings is 2. The quantitative estimate of drug-likeness (QED) is 0.558. The van der Waals surface area contributed by atoms with Gasteiger partial charge in [-0.3, -0.25) is 4.79 Å². The minimum Gasteiger partial charge on any atom is -0.493 e. The molecule has 0 saturated heterocycles. The highest BCUT2D eigenvalue weighted by Crippen LogP contribution is 2.14. The second-order valence-corrected chi connectivity index (χ2v) is 5.84. The van der Waals surface area contributed by atoms with Crippen LogP contribution in [-0.4, -0.2) is 12.4 Å². The van der Waals surface area contributed by atoms with E-state index in [1.165, 1.54) is 0 Å². The summed E-state index contributed by atoms with van der Waals surface area (Å²) < 4.78 is 5.64. The van der Waals surface area contributed by atoms with Gasteiger partial charge in [0.1, 0.15) is 5.75 Å². The van der Waals surface area contributed by atoms with Crippen LogP contribution in [0.15, 0.2) is 54.6 Å². The third kappa shape index (κ3) is 4.88. The first-order valence-corrected chi connectivity index (χ1v) is 7.56. The van der Waals surface area contributed by atoms with Gasteiger partial charge < -0.3 is 4.74 Å². The summed E-state index contributed by atoms with van der Waals surface area (Å²) in [5.74, 6) is 1.38. The summed E-state index contributed by atoms with van der Waals surface area (Å²) in [4.78, 5) is 12.1. The van der Waals surface area contributed by atoms with Crippen molar-refractivity contribution in [1.82, 2.24) is 0 Å². The normalized spacial score (nSPS) is 11.1. The van der Waals surface area contributed by atoms with Gasteiger partial charge in [0.15, 0.2) is 5.78 Å². The summed E-state index contributed by atoms with van der Waals surface area (Å²) in [6.45, 7) is 6.95. The molecule has 2 aromatic rings. The van der Waals surface area contributed by atoms with Crippen LogP contribution in [0.3, 0.4) is 0 Å². The molecule has 0 unspecified atom stereocenters. The fourth-order valence-corrected chi connectivity index (χ4v) is 1.92. The van der Waals surface area contributed by atoms with Crippen LogP contribution in [0.1, 0.15) is 35.3 Å². The van der Waals surface area contributed by atoms with Crippen LogP contribution in [0.2, 0.25) is 0 Å². The Hall–Kier alpha value is -2.35. The lowest BCUT2D eigenvalue weighted by Gasteiger charge is -2.08. The molecule has 2 rings (SSSR count). The van der Waals surface area contributed by atoms with Crippen molar-refractivity contribution in [2.45, 2.75) is 20.8 Å². The van der Waals surface area contributed by atoms with Crippen molar-refractivity contribution in [2.24, 2.45) is 5.92 Å². The summed E-state index contributed by atoms with van der Waals surface area (Å²) >= 11 is 0. The highest BCUT2D eigenvalue weighted by atomic mass is 16.5. The van der Waals surface area contributed by atoms with Crippen molar-refractivity contribution in [3.63, 3.8) is 0 Å². The first-order chi connectivity index (χ1) is 10.5. The highest BCUT2D eigenvalue weighted by Gasteiger charge is 2.01. The molecule has 2 aromatic carbocycles. The Labute approximate surface area is 132 Å². The van der Waals surface area contributed by atoms with Crippen LogP contribution in [0.4, 0.5) is 0 Å². The van der Waals surface area contributed by atoms with Crippen LogP contribution >= 0.6 is 0 Å². The van der Waals surface area contributed by atoms with Gasteiger partial charge in [-0.05, 0) is 36.6 Å². The van der Waals surface area contributed by atoms with Gasteiger partial charge in [-0.25, -0.2) is 0 Å². The molecule has 114 valence electrons. The zero-order valence-corrected chi connectivity index (χ0v) is 13.4. The van der Waals surface area contributed by atoms with Crippen LogP contribution in [0.25, 0.3) is 6.08 Å². The fourth-order valence-electron chi connectivity index (χ4n) is 1.92. The van der Waals surface area contributed by atoms with E-state index in [0.29, 0.717) is 18.1 Å². The van der Waals surface area contributed by atoms with E-state index in [9.17, 15) is 4.79 Å². The van der Waals surface area contributed by atoms with E-state index in [-0.39, 0.29) is 5.78 Å². The number of carbonyl (C=O) groups is 1. The number of rotatable bonds is 6. The Kier molecular flexibility index (Phi) is 5.54. The fraction of sp³-hybridized carbons (Fsp3) is 0.250. The molecule has 2 nitrogen and oxygen atoms in total. The minimum absolute atomic E-state index is 0.0140. The van der Waals surface area contributed by atoms with Crippen molar-refractivity contribution in [3.8, 4) is 5.75 Å². The predicted octanol–water partition coefficient (Wildman–Crippen LogP) is 4.93. The zero-order valence-electron chi connectivity index (χ0n) is 13.4. The van der Waals surface area contributed by atoms with E-state index in [1.807, 2.05) is 61.5 Å². The molecular formula is C20H22O2. The topological polar surface area (TPSA) is 26.3 Å². The Bertz CT molecular complexity index is 634. The summed E-state index contributed by atoms with van der Waals surface area (Å²) in [5.41, 5.74) is 2.84. The molecular weight excluding hydrogens is 272 g/mol. The van der Waals surface area contributed by atoms with Gasteiger partial charge in [0.25, 0.3) is 0 Å². The SMILES string of the molecule is Cc1ccc(C(=O)/C=C/c2ccc(OCC(C)C)cc2)cc1. The van der Waals surface area contributed by atoms with E-state index in [2.05, 4.69) is 13.8 Å². The second kappa shape index (κ2) is 7.60. The maximum absolute atomic E-state index is 12.1. The predicted molar refractivity (Wildman–Crippen MR) is 91.3 cm³/mol. The van der Waals surface area contributed by atoms with Crippen molar-refractivity contribution >= 4 is 11.9 Å². The van der Waals surface area contributed by atoms with Gasteiger partial charge in [0.05, 0.1) is 6.61 Å². The summed E-state index contributed by atoms with van der Waals surface area (Å²) in [7, 11) is 0. The van der Waals surface area contributed by atoms with Crippen molar-refractivity contribution < 1.29 is 9.53 Å². The molecule has 0 aliphatic rings. The molecule has 2 heteroatoms. The van der Waals surface area contributed by atoms with Gasteiger partial charge >= 0.3 is 0 Å². The Morgan fingerprint density at radius 3 is 2.27 bits per heavy atom. The first kappa shape index (κ1) is 16.0. The van der Waals surface area contributed by atoms with Crippen molar-refractivity contribution in [1.29, 1.82) is 0 Å². The third-order valence-corrected chi connectivity index (χ3v) is 3.23. The molecule has 0 atom stereocenters. The van der Waals surface area contributed by atoms with Gasteiger partial charge in [0, 0.05) is 5.56 Å². The van der Waals surface area contributed by atoms with Gasteiger partial charge in [0.2, 0.25) is 0 Å². The largest absolute Gasteiger partial charge is 0.493 e. The monoisotopic (exact) mass is 294 g/mol. The molecule has 0 saturated carbocycles. The molecule has 0 aromatic heterocycles. The summed E-state index contributed by atoms with van der Waals surface area (Å²) in [5, 5.41) is 0. The summed E-state index contributed by atoms with van der Waals surface area (Å²) in [6, 6.07) is 15.4. The Morgan fingerprint density at radius 1 is 1.05 bits per heavy atom. The van der Waals surface area contributed by atoms with Gasteiger partial charge in [-0.15, -0.1) is 0 Å². The molecule has 0 heterocycles. The summed E-state index contributed by atoms with van der Waals surface area (Å²) in [6.07, 6.45) is 3.43. The number of hydrogen-bond acceptors (Lipinski definition) is 2. The van der Waals surface area contributed by atoms with E-state index < -0.39 is 0 Å². The minimum atomic E-state index is 0.0140. The van der Waals surface area contributed by atoms with E-state index >= 15 is 0 Å². The van der Waals surface area contributed by atoms with Crippen LogP contribution in [0, 0.1) is 12.8 Å². The molecule has 22 heavy (non-hydrogen) atoms. The van der Waals surface area contributed by atoms with Gasteiger partial charge in [-0.2, -0.15) is 0 Å². The zero-order chi connectivity index (χ0) is 15.9. The number of carbonyl (C=O) groups excluding carboxylic acids is 1. The molecule has 0 bridgehead atoms. The van der Waals surface area contributed by atoms with E-state index in [1.54, 1.807) is 6.08 Å². The van der Waals surface area contributed by atoms with E-state index in [0.717, 1.165) is 16.9 Å². The van der Waals surface area contributed by atoms with Crippen LogP contribution in [-0.2, 0) is 0 Å². The maximum atomic E-state index is 12.1. The highest BCUT2D eigenvalue weighted by molar-refractivity contribution is 6.06. The third-order valence-electron chi connectivity index (χ3n) is 3.23. The van der Waals surface area contributed by atoms with Crippen LogP contribution < -0.4 is 4.74 Å². The number of ether oxygens (including phenoxy) is 1. The number of aryl methyl sites for hydroxylation is 1. The maximum Gasteiger partial charge on any atom is 0.185 e. The first-order valence-electron chi connectivity index (χ1n) is 7.56. The Morgan fingerprint density at radius 2 is 1.68 bits per heavy atom. The number of ketones is 1. The second-order valence-electron chi connectivity index (χ2n) is 5.84.